The molecule has 0 saturated carbocycles. The van der Waals surface area contributed by atoms with Gasteiger partial charge in [-0.25, -0.2) is 13.5 Å². The lowest BCUT2D eigenvalue weighted by molar-refractivity contribution is -0.667. The van der Waals surface area contributed by atoms with Gasteiger partial charge in [-0.3, -0.25) is 10.5 Å². The van der Waals surface area contributed by atoms with E-state index < -0.39 is 0 Å². The number of benzene rings is 2. The summed E-state index contributed by atoms with van der Waals surface area (Å²) in [6.45, 7) is 0.274. The van der Waals surface area contributed by atoms with E-state index in [2.05, 4.69) is 0 Å². The Hall–Kier alpha value is -3.35. The third kappa shape index (κ3) is 2.77. The molecule has 0 unspecified atom stereocenters. The zero-order chi connectivity index (χ0) is 18.3. The maximum Gasteiger partial charge on any atom is 0.355 e. The smallest absolute Gasteiger partial charge is 0.355 e. The zero-order valence-corrected chi connectivity index (χ0v) is 14.1. The van der Waals surface area contributed by atoms with E-state index in [4.69, 9.17) is 15.2 Å². The minimum Gasteiger partial charge on any atom is -0.454 e. The second kappa shape index (κ2) is 6.18. The Morgan fingerprint density at radius 3 is 2.69 bits per heavy atom. The molecule has 1 aliphatic rings. The molecule has 0 bridgehead atoms. The molecule has 0 saturated heterocycles. The Kier molecular flexibility index (Phi) is 3.84. The number of carbonyl (C=O) groups is 1. The van der Waals surface area contributed by atoms with Crippen molar-refractivity contribution in [2.75, 3.05) is 12.5 Å². The number of nitrogens with two attached hydrogens (primary N) is 1. The fraction of sp³-hybridized carbons (Fsp3) is 0.158. The van der Waals surface area contributed by atoms with Gasteiger partial charge in [0, 0.05) is 11.1 Å². The molecule has 132 valence electrons. The van der Waals surface area contributed by atoms with Gasteiger partial charge >= 0.3 is 5.95 Å². The van der Waals surface area contributed by atoms with Gasteiger partial charge in [-0.2, -0.15) is 0 Å². The topological polar surface area (TPSA) is 70.4 Å². The zero-order valence-electron chi connectivity index (χ0n) is 14.1. The lowest BCUT2D eigenvalue weighted by Crippen LogP contribution is -2.39. The summed E-state index contributed by atoms with van der Waals surface area (Å²) in [7, 11) is 1.83. The fourth-order valence-corrected chi connectivity index (χ4v) is 2.95. The van der Waals surface area contributed by atoms with Crippen LogP contribution in [-0.2, 0) is 13.6 Å². The molecule has 26 heavy (non-hydrogen) atoms. The molecule has 0 amide bonds. The number of rotatable bonds is 4. The monoisotopic (exact) mass is 354 g/mol. The van der Waals surface area contributed by atoms with Crippen LogP contribution in [0.1, 0.15) is 10.4 Å². The van der Waals surface area contributed by atoms with Crippen molar-refractivity contribution < 1.29 is 23.2 Å². The van der Waals surface area contributed by atoms with E-state index in [1.807, 2.05) is 31.4 Å². The molecule has 0 spiro atoms. The van der Waals surface area contributed by atoms with Crippen LogP contribution in [0.3, 0.4) is 0 Å². The molecule has 2 aromatic carbocycles. The first-order valence-corrected chi connectivity index (χ1v) is 8.06. The number of fused-ring (bicyclic) bond motifs is 1. The van der Waals surface area contributed by atoms with Gasteiger partial charge in [-0.15, -0.1) is 0 Å². The van der Waals surface area contributed by atoms with Gasteiger partial charge in [-0.05, 0) is 42.5 Å². The predicted octanol–water partition coefficient (Wildman–Crippen LogP) is 2.31. The minimum absolute atomic E-state index is 0.0653. The third-order valence-electron chi connectivity index (χ3n) is 4.43. The van der Waals surface area contributed by atoms with Gasteiger partial charge in [-0.1, -0.05) is 0 Å². The average molecular weight is 354 g/mol. The van der Waals surface area contributed by atoms with Crippen molar-refractivity contribution in [3.8, 4) is 22.8 Å². The second-order valence-corrected chi connectivity index (χ2v) is 6.06. The number of carbonyl (C=O) groups excluding carboxylic acids is 1. The van der Waals surface area contributed by atoms with E-state index >= 15 is 0 Å². The molecule has 0 atom stereocenters. The van der Waals surface area contributed by atoms with Crippen LogP contribution in [0.4, 0.5) is 10.3 Å². The Bertz CT molecular complexity index is 996. The van der Waals surface area contributed by atoms with Gasteiger partial charge in [0.1, 0.15) is 24.3 Å². The summed E-state index contributed by atoms with van der Waals surface area (Å²) < 4.78 is 27.2. The number of Topliss-reactive ketones (excluding diaryl/α,β-unsaturated/α-hetero) is 1. The van der Waals surface area contributed by atoms with Crippen LogP contribution in [0.5, 0.6) is 11.5 Å². The summed E-state index contributed by atoms with van der Waals surface area (Å²) in [4.78, 5) is 12.4. The number of nitrogen functional groups attached to an aromatic ring is 1. The van der Waals surface area contributed by atoms with E-state index in [0.717, 1.165) is 11.3 Å². The van der Waals surface area contributed by atoms with Crippen molar-refractivity contribution in [1.82, 2.24) is 4.57 Å². The van der Waals surface area contributed by atoms with Gasteiger partial charge in [0.2, 0.25) is 6.79 Å². The summed E-state index contributed by atoms with van der Waals surface area (Å²) in [5.41, 5.74) is 8.34. The fourth-order valence-electron chi connectivity index (χ4n) is 2.95. The van der Waals surface area contributed by atoms with Crippen molar-refractivity contribution in [3.05, 3.63) is 60.0 Å². The van der Waals surface area contributed by atoms with E-state index in [1.165, 1.54) is 24.3 Å². The Morgan fingerprint density at radius 2 is 1.92 bits per heavy atom. The van der Waals surface area contributed by atoms with Gasteiger partial charge in [0.25, 0.3) is 0 Å². The summed E-state index contributed by atoms with van der Waals surface area (Å²) in [6.07, 6.45) is 1.81. The van der Waals surface area contributed by atoms with Gasteiger partial charge in [0.15, 0.2) is 17.3 Å². The molecule has 7 heteroatoms. The molecule has 0 fully saturated rings. The molecular formula is C19H17FN3O3+. The van der Waals surface area contributed by atoms with Crippen LogP contribution >= 0.6 is 0 Å². The standard InChI is InChI=1S/C19H16FN3O3/c1-22-15(13-4-7-17-18(8-13)26-11-25-17)9-23(19(22)21)10-16(24)12-2-5-14(20)6-3-12/h2-9,21H,10-11H2,1H3/p+1. The van der Waals surface area contributed by atoms with E-state index in [-0.39, 0.29) is 24.9 Å². The Balaban J connectivity index is 1.63. The number of hydrogen-bond acceptors (Lipinski definition) is 4. The highest BCUT2D eigenvalue weighted by molar-refractivity contribution is 5.95. The molecule has 0 aliphatic carbocycles. The van der Waals surface area contributed by atoms with Crippen molar-refractivity contribution in [1.29, 1.82) is 0 Å². The van der Waals surface area contributed by atoms with Gasteiger partial charge in [0.05, 0.1) is 7.05 Å². The number of nitrogens with zero attached hydrogens (tertiary/aromatic N) is 2. The van der Waals surface area contributed by atoms with E-state index in [9.17, 15) is 9.18 Å². The van der Waals surface area contributed by atoms with Gasteiger partial charge < -0.3 is 9.47 Å². The number of ketones is 1. The number of ether oxygens (including phenoxy) is 2. The number of halogens is 1. The summed E-state index contributed by atoms with van der Waals surface area (Å²) in [6, 6.07) is 11.1. The number of anilines is 1. The van der Waals surface area contributed by atoms with Crippen LogP contribution in [0.25, 0.3) is 11.3 Å². The van der Waals surface area contributed by atoms with Crippen LogP contribution in [0.2, 0.25) is 0 Å². The van der Waals surface area contributed by atoms with Crippen molar-refractivity contribution >= 4 is 11.7 Å². The normalized spacial score (nSPS) is 12.4. The van der Waals surface area contributed by atoms with E-state index in [1.54, 1.807) is 9.13 Å². The number of hydrogen-bond donors (Lipinski definition) is 1. The summed E-state index contributed by atoms with van der Waals surface area (Å²) in [5.74, 6) is 1.29. The number of imidazole rings is 1. The SMILES string of the molecule is Cn1c(-c2ccc3c(c2)OCO3)c[n+](CC(=O)c2ccc(F)cc2)c1N. The molecule has 1 aliphatic heterocycles. The van der Waals surface area contributed by atoms with Crippen molar-refractivity contribution in [3.63, 3.8) is 0 Å². The molecule has 2 N–H and O–H groups in total. The molecule has 3 aromatic rings. The first-order valence-electron chi connectivity index (χ1n) is 8.06. The summed E-state index contributed by atoms with van der Waals surface area (Å²) >= 11 is 0. The molecule has 1 aromatic heterocycles. The van der Waals surface area contributed by atoms with E-state index in [0.29, 0.717) is 23.0 Å². The quantitative estimate of drug-likeness (QED) is 0.577. The molecular weight excluding hydrogens is 337 g/mol. The molecule has 2 heterocycles. The van der Waals surface area contributed by atoms with Crippen LogP contribution in [-0.4, -0.2) is 17.1 Å². The average Bonchev–Trinajstić information content (AvgIpc) is 3.21. The molecule has 4 rings (SSSR count). The maximum atomic E-state index is 13.0. The highest BCUT2D eigenvalue weighted by atomic mass is 19.1. The lowest BCUT2D eigenvalue weighted by atomic mass is 10.1. The first kappa shape index (κ1) is 16.1. The molecule has 0 radical (unpaired) electrons. The maximum absolute atomic E-state index is 13.0. The van der Waals surface area contributed by atoms with Crippen LogP contribution in [0.15, 0.2) is 48.7 Å². The Labute approximate surface area is 149 Å². The first-order chi connectivity index (χ1) is 12.5. The van der Waals surface area contributed by atoms with Crippen molar-refractivity contribution in [2.45, 2.75) is 6.54 Å². The second-order valence-electron chi connectivity index (χ2n) is 6.06. The molecule has 6 nitrogen and oxygen atoms in total. The summed E-state index contributed by atoms with van der Waals surface area (Å²) in [5, 5.41) is 0. The predicted molar refractivity (Wildman–Crippen MR) is 92.3 cm³/mol. The highest BCUT2D eigenvalue weighted by Crippen LogP contribution is 2.35. The number of aromatic nitrogens is 2. The Morgan fingerprint density at radius 1 is 1.19 bits per heavy atom. The van der Waals surface area contributed by atoms with Crippen molar-refractivity contribution in [2.24, 2.45) is 7.05 Å². The lowest BCUT2D eigenvalue weighted by Gasteiger charge is -2.01. The third-order valence-corrected chi connectivity index (χ3v) is 4.43. The van der Waals surface area contributed by atoms with Crippen LogP contribution < -0.4 is 19.8 Å². The van der Waals surface area contributed by atoms with Crippen LogP contribution in [0, 0.1) is 5.82 Å². The highest BCUT2D eigenvalue weighted by Gasteiger charge is 2.22. The minimum atomic E-state index is -0.376. The largest absolute Gasteiger partial charge is 0.454 e.